The van der Waals surface area contributed by atoms with Crippen LogP contribution in [0.15, 0.2) is 35.6 Å². The third-order valence-electron chi connectivity index (χ3n) is 5.57. The van der Waals surface area contributed by atoms with E-state index in [9.17, 15) is 19.8 Å². The van der Waals surface area contributed by atoms with Gasteiger partial charge in [0.1, 0.15) is 12.1 Å². The van der Waals surface area contributed by atoms with Crippen molar-refractivity contribution in [3.05, 3.63) is 36.0 Å². The second-order valence-electron chi connectivity index (χ2n) is 9.23. The maximum Gasteiger partial charge on any atom is 0.261 e. The van der Waals surface area contributed by atoms with Crippen LogP contribution < -0.4 is 5.32 Å². The van der Waals surface area contributed by atoms with Crippen LogP contribution in [-0.2, 0) is 20.8 Å². The molecule has 2 amide bonds. The molecule has 1 aromatic heterocycles. The zero-order valence-corrected chi connectivity index (χ0v) is 20.4. The topological polar surface area (TPSA) is 147 Å². The van der Waals surface area contributed by atoms with E-state index in [1.807, 2.05) is 30.5 Å². The first-order valence-electron chi connectivity index (χ1n) is 11.2. The summed E-state index contributed by atoms with van der Waals surface area (Å²) < 4.78 is 0. The molecule has 34 heavy (non-hydrogen) atoms. The highest BCUT2D eigenvalue weighted by atomic mass is 16.6. The van der Waals surface area contributed by atoms with Crippen LogP contribution in [0.5, 0.6) is 0 Å². The number of carbonyl (C=O) groups excluding carboxylic acids is 2. The van der Waals surface area contributed by atoms with Gasteiger partial charge in [-0.3, -0.25) is 9.59 Å². The van der Waals surface area contributed by atoms with E-state index in [2.05, 4.69) is 29.3 Å². The number of hydrogen-bond acceptors (Lipinski definition) is 7. The number of aromatic nitrogens is 1. The number of para-hydroxylation sites is 1. The molecule has 0 saturated carbocycles. The van der Waals surface area contributed by atoms with Crippen molar-refractivity contribution in [2.24, 2.45) is 10.6 Å². The van der Waals surface area contributed by atoms with E-state index in [0.29, 0.717) is 19.5 Å². The Labute approximate surface area is 199 Å². The summed E-state index contributed by atoms with van der Waals surface area (Å²) >= 11 is 0. The van der Waals surface area contributed by atoms with Crippen molar-refractivity contribution in [2.45, 2.75) is 52.4 Å². The molecule has 0 radical (unpaired) electrons. The molecule has 3 unspecified atom stereocenters. The second-order valence-corrected chi connectivity index (χ2v) is 9.23. The van der Waals surface area contributed by atoms with Gasteiger partial charge in [0.05, 0.1) is 11.8 Å². The van der Waals surface area contributed by atoms with Crippen molar-refractivity contribution >= 4 is 28.4 Å². The van der Waals surface area contributed by atoms with E-state index in [4.69, 9.17) is 9.94 Å². The fourth-order valence-electron chi connectivity index (χ4n) is 3.92. The number of rotatable bonds is 9. The lowest BCUT2D eigenvalue weighted by atomic mass is 9.83. The molecule has 1 fully saturated rings. The van der Waals surface area contributed by atoms with Crippen LogP contribution in [0.25, 0.3) is 10.9 Å². The van der Waals surface area contributed by atoms with Crippen LogP contribution in [0.2, 0.25) is 0 Å². The third-order valence-corrected chi connectivity index (χ3v) is 5.57. The number of H-pyrrole nitrogens is 1. The lowest BCUT2D eigenvalue weighted by molar-refractivity contribution is -0.146. The maximum absolute atomic E-state index is 13.1. The summed E-state index contributed by atoms with van der Waals surface area (Å²) in [5.74, 6) is -0.627. The molecule has 1 aliphatic heterocycles. The van der Waals surface area contributed by atoms with E-state index in [0.717, 1.165) is 23.6 Å². The predicted octanol–water partition coefficient (Wildman–Crippen LogP) is 0.806. The molecule has 2 aromatic rings. The summed E-state index contributed by atoms with van der Waals surface area (Å²) in [4.78, 5) is 35.6. The van der Waals surface area contributed by atoms with Gasteiger partial charge in [-0.2, -0.15) is 0 Å². The minimum atomic E-state index is -1.18. The number of fused-ring (bicyclic) bond motifs is 1. The average molecular weight is 477 g/mol. The first-order valence-corrected chi connectivity index (χ1v) is 11.2. The lowest BCUT2D eigenvalue weighted by Gasteiger charge is -2.47. The van der Waals surface area contributed by atoms with E-state index < -0.39 is 30.8 Å². The SMILES string of the molecule is C/C(=N/OCC(=O)NC(Cc1c[nH]c2ccccc12)C(=O)N1CC(C)(C)C1)C(O)C(C)O.CO. The zero-order valence-electron chi connectivity index (χ0n) is 20.4. The Bertz CT molecular complexity index is 992. The van der Waals surface area contributed by atoms with Gasteiger partial charge in [0.2, 0.25) is 5.91 Å². The lowest BCUT2D eigenvalue weighted by Crippen LogP contribution is -2.61. The Morgan fingerprint density at radius 2 is 1.88 bits per heavy atom. The number of amides is 2. The zero-order chi connectivity index (χ0) is 25.5. The van der Waals surface area contributed by atoms with Gasteiger partial charge in [0, 0.05) is 43.7 Å². The Hall–Kier alpha value is -2.95. The standard InChI is InChI=1S/C23H32N4O5.CH4O/c1-14(21(30)15(2)28)26-32-11-20(29)25-19(22(31)27-12-23(3,4)13-27)9-16-10-24-18-8-6-5-7-17(16)18;1-2/h5-8,10,15,19,21,24,28,30H,9,11-13H2,1-4H3,(H,25,29);2H,1H3/b26-14-;. The van der Waals surface area contributed by atoms with E-state index in [1.165, 1.54) is 13.8 Å². The van der Waals surface area contributed by atoms with Gasteiger partial charge in [0.25, 0.3) is 5.91 Å². The van der Waals surface area contributed by atoms with Gasteiger partial charge in [-0.15, -0.1) is 0 Å². The summed E-state index contributed by atoms with van der Waals surface area (Å²) in [7, 11) is 1.00. The Balaban J connectivity index is 0.00000199. The molecule has 188 valence electrons. The Morgan fingerprint density at radius 3 is 2.50 bits per heavy atom. The van der Waals surface area contributed by atoms with E-state index in [1.54, 1.807) is 4.90 Å². The molecule has 1 aromatic carbocycles. The number of hydrogen-bond donors (Lipinski definition) is 5. The molecular weight excluding hydrogens is 440 g/mol. The fourth-order valence-corrected chi connectivity index (χ4v) is 3.92. The number of aliphatic hydroxyl groups is 3. The van der Waals surface area contributed by atoms with Crippen LogP contribution in [0.3, 0.4) is 0 Å². The van der Waals surface area contributed by atoms with Crippen LogP contribution in [0, 0.1) is 5.41 Å². The van der Waals surface area contributed by atoms with Crippen LogP contribution in [0.4, 0.5) is 0 Å². The first kappa shape index (κ1) is 27.3. The van der Waals surface area contributed by atoms with Crippen molar-refractivity contribution in [3.63, 3.8) is 0 Å². The largest absolute Gasteiger partial charge is 0.400 e. The quantitative estimate of drug-likeness (QED) is 0.267. The molecular formula is C24H36N4O6. The number of likely N-dealkylation sites (tertiary alicyclic amines) is 1. The van der Waals surface area contributed by atoms with Gasteiger partial charge >= 0.3 is 0 Å². The summed E-state index contributed by atoms with van der Waals surface area (Å²) in [5.41, 5.74) is 2.14. The van der Waals surface area contributed by atoms with Crippen LogP contribution >= 0.6 is 0 Å². The maximum atomic E-state index is 13.1. The Morgan fingerprint density at radius 1 is 1.24 bits per heavy atom. The highest BCUT2D eigenvalue weighted by Gasteiger charge is 2.40. The highest BCUT2D eigenvalue weighted by molar-refractivity contribution is 5.90. The van der Waals surface area contributed by atoms with E-state index in [-0.39, 0.29) is 17.0 Å². The molecule has 0 aliphatic carbocycles. The molecule has 10 nitrogen and oxygen atoms in total. The van der Waals surface area contributed by atoms with Crippen LogP contribution in [-0.4, -0.2) is 87.8 Å². The Kier molecular flexibility index (Phi) is 9.60. The van der Waals surface area contributed by atoms with Crippen molar-refractivity contribution < 1.29 is 29.7 Å². The van der Waals surface area contributed by atoms with Gasteiger partial charge in [-0.1, -0.05) is 37.2 Å². The molecule has 2 heterocycles. The van der Waals surface area contributed by atoms with E-state index >= 15 is 0 Å². The molecule has 5 N–H and O–H groups in total. The van der Waals surface area contributed by atoms with Crippen molar-refractivity contribution in [2.75, 3.05) is 26.8 Å². The second kappa shape index (κ2) is 12.0. The molecule has 10 heteroatoms. The summed E-state index contributed by atoms with van der Waals surface area (Å²) in [6.07, 6.45) is 0.0204. The molecule has 1 saturated heterocycles. The van der Waals surface area contributed by atoms with Crippen LogP contribution in [0.1, 0.15) is 33.3 Å². The molecule has 3 rings (SSSR count). The monoisotopic (exact) mass is 476 g/mol. The fraction of sp³-hybridized carbons (Fsp3) is 0.542. The number of benzene rings is 1. The number of aromatic amines is 1. The van der Waals surface area contributed by atoms with Gasteiger partial charge in [0.15, 0.2) is 6.61 Å². The van der Waals surface area contributed by atoms with Crippen molar-refractivity contribution in [1.82, 2.24) is 15.2 Å². The molecule has 1 aliphatic rings. The number of carbonyl (C=O) groups is 2. The predicted molar refractivity (Wildman–Crippen MR) is 129 cm³/mol. The number of nitrogens with one attached hydrogen (secondary N) is 2. The first-order chi connectivity index (χ1) is 16.1. The van der Waals surface area contributed by atoms with Gasteiger partial charge < -0.3 is 35.4 Å². The minimum Gasteiger partial charge on any atom is -0.400 e. The smallest absolute Gasteiger partial charge is 0.261 e. The van der Waals surface area contributed by atoms with Gasteiger partial charge in [-0.25, -0.2) is 0 Å². The highest BCUT2D eigenvalue weighted by Crippen LogP contribution is 2.29. The molecule has 0 bridgehead atoms. The summed E-state index contributed by atoms with van der Waals surface area (Å²) in [6, 6.07) is 7.06. The number of aliphatic hydroxyl groups excluding tert-OH is 3. The summed E-state index contributed by atoms with van der Waals surface area (Å²) in [5, 5.41) is 33.6. The number of oxime groups is 1. The summed E-state index contributed by atoms with van der Waals surface area (Å²) in [6.45, 7) is 7.98. The molecule has 0 spiro atoms. The minimum absolute atomic E-state index is 0.0744. The number of nitrogens with zero attached hydrogens (tertiary/aromatic N) is 2. The third kappa shape index (κ3) is 7.02. The van der Waals surface area contributed by atoms with Crippen molar-refractivity contribution in [1.29, 1.82) is 0 Å². The van der Waals surface area contributed by atoms with Crippen molar-refractivity contribution in [3.8, 4) is 0 Å². The average Bonchev–Trinajstić information content (AvgIpc) is 3.20. The molecule has 3 atom stereocenters. The van der Waals surface area contributed by atoms with Gasteiger partial charge in [-0.05, 0) is 30.9 Å². The normalized spacial score (nSPS) is 17.6.